The number of carbonyl (C=O) groups is 1. The van der Waals surface area contributed by atoms with E-state index in [1.807, 2.05) is 36.4 Å². The first-order valence-electron chi connectivity index (χ1n) is 11.6. The number of nitrogens with zero attached hydrogens (tertiary/aromatic N) is 2. The number of amides is 1. The van der Waals surface area contributed by atoms with Crippen molar-refractivity contribution in [2.24, 2.45) is 0 Å². The molecule has 170 valence electrons. The van der Waals surface area contributed by atoms with Gasteiger partial charge < -0.3 is 5.32 Å². The molecule has 1 saturated carbocycles. The highest BCUT2D eigenvalue weighted by molar-refractivity contribution is 7.25. The van der Waals surface area contributed by atoms with Crippen LogP contribution in [0.1, 0.15) is 44.6 Å². The molecule has 1 N–H and O–H groups in total. The van der Waals surface area contributed by atoms with Gasteiger partial charge in [0.25, 0.3) is 5.56 Å². The quantitative estimate of drug-likeness (QED) is 0.479. The highest BCUT2D eigenvalue weighted by atomic mass is 32.1. The molecular formula is C26H27N3O3S. The van der Waals surface area contributed by atoms with Crippen LogP contribution in [0.3, 0.4) is 0 Å². The Balaban J connectivity index is 1.67. The van der Waals surface area contributed by atoms with E-state index < -0.39 is 5.69 Å². The maximum Gasteiger partial charge on any atom is 0.336 e. The Morgan fingerprint density at radius 1 is 1.03 bits per heavy atom. The van der Waals surface area contributed by atoms with Crippen LogP contribution in [0.4, 0.5) is 0 Å². The number of thiophene rings is 1. The lowest BCUT2D eigenvalue weighted by atomic mass is 9.95. The number of rotatable bonds is 5. The van der Waals surface area contributed by atoms with E-state index in [2.05, 4.69) is 12.2 Å². The molecule has 5 rings (SSSR count). The minimum Gasteiger partial charge on any atom is -0.352 e. The van der Waals surface area contributed by atoms with Crippen LogP contribution < -0.4 is 16.6 Å². The van der Waals surface area contributed by atoms with Crippen LogP contribution in [-0.2, 0) is 17.8 Å². The van der Waals surface area contributed by atoms with Crippen LogP contribution in [-0.4, -0.2) is 21.1 Å². The zero-order valence-corrected chi connectivity index (χ0v) is 19.5. The molecule has 0 saturated heterocycles. The normalized spacial score (nSPS) is 14.7. The van der Waals surface area contributed by atoms with Gasteiger partial charge in [-0.15, -0.1) is 11.3 Å². The van der Waals surface area contributed by atoms with Crippen LogP contribution in [0.5, 0.6) is 0 Å². The molecule has 0 atom stereocenters. The van der Waals surface area contributed by atoms with Crippen molar-refractivity contribution in [3.05, 3.63) is 74.9 Å². The molecule has 0 aliphatic heterocycles. The second-order valence-corrected chi connectivity index (χ2v) is 9.76. The van der Waals surface area contributed by atoms with E-state index in [9.17, 15) is 14.4 Å². The molecular weight excluding hydrogens is 434 g/mol. The molecule has 7 heteroatoms. The zero-order valence-electron chi connectivity index (χ0n) is 18.7. The summed E-state index contributed by atoms with van der Waals surface area (Å²) in [6.07, 6.45) is 6.25. The van der Waals surface area contributed by atoms with Gasteiger partial charge in [0.15, 0.2) is 0 Å². The Bertz CT molecular complexity index is 1440. The molecule has 2 heterocycles. The van der Waals surface area contributed by atoms with Gasteiger partial charge in [-0.2, -0.15) is 0 Å². The number of fused-ring (bicyclic) bond motifs is 3. The molecule has 1 aliphatic rings. The van der Waals surface area contributed by atoms with Gasteiger partial charge in [-0.1, -0.05) is 56.5 Å². The highest BCUT2D eigenvalue weighted by Crippen LogP contribution is 2.31. The van der Waals surface area contributed by atoms with Gasteiger partial charge in [0.1, 0.15) is 11.2 Å². The first kappa shape index (κ1) is 21.6. The van der Waals surface area contributed by atoms with Gasteiger partial charge in [0, 0.05) is 16.1 Å². The summed E-state index contributed by atoms with van der Waals surface area (Å²) in [5, 5.41) is 3.93. The van der Waals surface area contributed by atoms with E-state index in [-0.39, 0.29) is 24.1 Å². The molecule has 4 aromatic rings. The first-order chi connectivity index (χ1) is 16.1. The second-order valence-electron chi connectivity index (χ2n) is 8.71. The lowest BCUT2D eigenvalue weighted by molar-refractivity contribution is -0.122. The van der Waals surface area contributed by atoms with Crippen LogP contribution in [0.15, 0.2) is 58.1 Å². The number of aryl methyl sites for hydroxylation is 1. The monoisotopic (exact) mass is 461 g/mol. The highest BCUT2D eigenvalue weighted by Gasteiger charge is 2.22. The van der Waals surface area contributed by atoms with Gasteiger partial charge in [0.2, 0.25) is 5.91 Å². The number of benzene rings is 2. The summed E-state index contributed by atoms with van der Waals surface area (Å²) in [6.45, 7) is 1.95. The molecule has 33 heavy (non-hydrogen) atoms. The molecule has 6 nitrogen and oxygen atoms in total. The summed E-state index contributed by atoms with van der Waals surface area (Å²) in [6, 6.07) is 15.3. The smallest absolute Gasteiger partial charge is 0.336 e. The summed E-state index contributed by atoms with van der Waals surface area (Å²) in [5.41, 5.74) is 1.36. The predicted molar refractivity (Wildman–Crippen MR) is 134 cm³/mol. The number of nitrogens with one attached hydrogen (secondary N) is 1. The number of hydrogen-bond acceptors (Lipinski definition) is 4. The minimum absolute atomic E-state index is 0.111. The van der Waals surface area contributed by atoms with E-state index >= 15 is 0 Å². The number of carbonyl (C=O) groups excluding carboxylic acids is 1. The standard InChI is InChI=1S/C26H27N3O3S/c1-2-17-12-14-19(15-13-17)29-25(31)24-23(20-10-6-7-11-21(20)33-24)28(26(29)32)16-22(30)27-18-8-4-3-5-9-18/h6-7,10-15,18H,2-5,8-9,16H2,1H3,(H,27,30). The lowest BCUT2D eigenvalue weighted by Gasteiger charge is -2.23. The first-order valence-corrected chi connectivity index (χ1v) is 12.4. The van der Waals surface area contributed by atoms with Crippen LogP contribution in [0.25, 0.3) is 26.0 Å². The average Bonchev–Trinajstić information content (AvgIpc) is 3.23. The topological polar surface area (TPSA) is 73.1 Å². The van der Waals surface area contributed by atoms with Gasteiger partial charge >= 0.3 is 5.69 Å². The van der Waals surface area contributed by atoms with Crippen LogP contribution in [0, 0.1) is 0 Å². The van der Waals surface area contributed by atoms with E-state index in [1.54, 1.807) is 12.1 Å². The van der Waals surface area contributed by atoms with Gasteiger partial charge in [-0.25, -0.2) is 9.36 Å². The van der Waals surface area contributed by atoms with Crippen molar-refractivity contribution in [2.45, 2.75) is 58.0 Å². The molecule has 2 aromatic heterocycles. The summed E-state index contributed by atoms with van der Waals surface area (Å²) in [4.78, 5) is 40.2. The summed E-state index contributed by atoms with van der Waals surface area (Å²) < 4.78 is 4.08. The summed E-state index contributed by atoms with van der Waals surface area (Å²) in [7, 11) is 0. The third-order valence-electron chi connectivity index (χ3n) is 6.53. The molecule has 0 bridgehead atoms. The maximum absolute atomic E-state index is 13.7. The minimum atomic E-state index is -0.487. The molecule has 1 aliphatic carbocycles. The molecule has 1 fully saturated rings. The second kappa shape index (κ2) is 8.98. The molecule has 0 spiro atoms. The Labute approximate surface area is 195 Å². The third kappa shape index (κ3) is 4.02. The van der Waals surface area contributed by atoms with Crippen LogP contribution >= 0.6 is 11.3 Å². The summed E-state index contributed by atoms with van der Waals surface area (Å²) >= 11 is 1.37. The SMILES string of the molecule is CCc1ccc(-n2c(=O)c3sc4ccccc4c3n(CC(=O)NC3CCCCC3)c2=O)cc1. The van der Waals surface area contributed by atoms with Crippen molar-refractivity contribution in [3.63, 3.8) is 0 Å². The van der Waals surface area contributed by atoms with Gasteiger partial charge in [-0.05, 0) is 43.0 Å². The van der Waals surface area contributed by atoms with Gasteiger partial charge in [-0.3, -0.25) is 14.2 Å². The Morgan fingerprint density at radius 2 is 1.76 bits per heavy atom. The third-order valence-corrected chi connectivity index (χ3v) is 7.68. The van der Waals surface area contributed by atoms with Gasteiger partial charge in [0.05, 0.1) is 11.2 Å². The summed E-state index contributed by atoms with van der Waals surface area (Å²) in [5.74, 6) is -0.188. The maximum atomic E-state index is 13.7. The van der Waals surface area contributed by atoms with Crippen molar-refractivity contribution in [1.29, 1.82) is 0 Å². The van der Waals surface area contributed by atoms with Crippen molar-refractivity contribution >= 4 is 37.5 Å². The lowest BCUT2D eigenvalue weighted by Crippen LogP contribution is -2.43. The van der Waals surface area contributed by atoms with E-state index in [4.69, 9.17) is 0 Å². The fourth-order valence-electron chi connectivity index (χ4n) is 4.77. The fraction of sp³-hybridized carbons (Fsp3) is 0.346. The molecule has 0 unspecified atom stereocenters. The predicted octanol–water partition coefficient (Wildman–Crippen LogP) is 4.38. The van der Waals surface area contributed by atoms with Crippen LogP contribution in [0.2, 0.25) is 0 Å². The van der Waals surface area contributed by atoms with E-state index in [1.165, 1.54) is 26.9 Å². The fourth-order valence-corrected chi connectivity index (χ4v) is 5.91. The number of hydrogen-bond donors (Lipinski definition) is 1. The van der Waals surface area contributed by atoms with Crippen molar-refractivity contribution in [2.75, 3.05) is 0 Å². The molecule has 2 aromatic carbocycles. The Hall–Kier alpha value is -3.19. The average molecular weight is 462 g/mol. The Morgan fingerprint density at radius 3 is 2.48 bits per heavy atom. The van der Waals surface area contributed by atoms with E-state index in [0.717, 1.165) is 47.8 Å². The van der Waals surface area contributed by atoms with E-state index in [0.29, 0.717) is 15.9 Å². The van der Waals surface area contributed by atoms with Crippen molar-refractivity contribution in [1.82, 2.24) is 14.5 Å². The zero-order chi connectivity index (χ0) is 22.9. The number of aromatic nitrogens is 2. The van der Waals surface area contributed by atoms with Crippen molar-refractivity contribution < 1.29 is 4.79 Å². The largest absolute Gasteiger partial charge is 0.352 e. The molecule has 1 amide bonds. The van der Waals surface area contributed by atoms with Crippen molar-refractivity contribution in [3.8, 4) is 5.69 Å². The Kier molecular flexibility index (Phi) is 5.89. The molecule has 0 radical (unpaired) electrons.